The van der Waals surface area contributed by atoms with Crippen LogP contribution in [-0.2, 0) is 9.59 Å². The monoisotopic (exact) mass is 371 g/mol. The maximum Gasteiger partial charge on any atom is 0.326 e. The Morgan fingerprint density at radius 2 is 1.85 bits per heavy atom. The molecule has 0 fully saturated rings. The summed E-state index contributed by atoms with van der Waals surface area (Å²) in [6, 6.07) is 6.70. The van der Waals surface area contributed by atoms with E-state index in [4.69, 9.17) is 5.11 Å². The molecule has 0 aliphatic carbocycles. The van der Waals surface area contributed by atoms with Crippen molar-refractivity contribution < 1.29 is 19.8 Å². The van der Waals surface area contributed by atoms with Gasteiger partial charge in [-0.05, 0) is 19.4 Å². The molecule has 0 aliphatic rings. The van der Waals surface area contributed by atoms with Gasteiger partial charge >= 0.3 is 11.9 Å². The fourth-order valence-corrected chi connectivity index (χ4v) is 3.77. The Morgan fingerprint density at radius 1 is 1.15 bits per heavy atom. The number of aliphatic carboxylic acids is 2. The molecule has 3 aromatic rings. The number of fused-ring (bicyclic) bond motifs is 1. The highest BCUT2D eigenvalue weighted by Crippen LogP contribution is 2.40. The summed E-state index contributed by atoms with van der Waals surface area (Å²) >= 11 is 1.49. The predicted molar refractivity (Wildman–Crippen MR) is 99.6 cm³/mol. The molecule has 7 nitrogen and oxygen atoms in total. The van der Waals surface area contributed by atoms with Crippen molar-refractivity contribution in [1.29, 1.82) is 0 Å². The number of hydrogen-bond acceptors (Lipinski definition) is 6. The van der Waals surface area contributed by atoms with Gasteiger partial charge in [-0.15, -0.1) is 11.3 Å². The maximum atomic E-state index is 11.4. The lowest BCUT2D eigenvalue weighted by Gasteiger charge is -2.14. The van der Waals surface area contributed by atoms with E-state index < -0.39 is 24.4 Å². The summed E-state index contributed by atoms with van der Waals surface area (Å²) in [5.41, 5.74) is 3.03. The number of carboxylic acids is 2. The Kier molecular flexibility index (Phi) is 4.85. The predicted octanol–water partition coefficient (Wildman–Crippen LogP) is 3.31. The van der Waals surface area contributed by atoms with Crippen molar-refractivity contribution >= 4 is 39.3 Å². The molecule has 134 valence electrons. The van der Waals surface area contributed by atoms with E-state index in [0.717, 1.165) is 26.4 Å². The van der Waals surface area contributed by atoms with E-state index >= 15 is 0 Å². The smallest absolute Gasteiger partial charge is 0.326 e. The van der Waals surface area contributed by atoms with Crippen LogP contribution in [0.3, 0.4) is 0 Å². The van der Waals surface area contributed by atoms with Crippen molar-refractivity contribution in [2.24, 2.45) is 0 Å². The van der Waals surface area contributed by atoms with Crippen molar-refractivity contribution in [3.8, 4) is 11.1 Å². The number of thiophene rings is 1. The molecule has 0 bridgehead atoms. The van der Waals surface area contributed by atoms with Gasteiger partial charge < -0.3 is 15.5 Å². The zero-order chi connectivity index (χ0) is 18.8. The number of anilines is 1. The largest absolute Gasteiger partial charge is 0.481 e. The first-order valence-corrected chi connectivity index (χ1v) is 8.70. The summed E-state index contributed by atoms with van der Waals surface area (Å²) in [5, 5.41) is 21.7. The Labute approximate surface area is 153 Å². The fraction of sp³-hybridized carbons (Fsp3) is 0.222. The van der Waals surface area contributed by atoms with Crippen LogP contribution >= 0.6 is 11.3 Å². The van der Waals surface area contributed by atoms with Crippen LogP contribution in [0.2, 0.25) is 0 Å². The molecule has 1 aromatic carbocycles. The maximum absolute atomic E-state index is 11.4. The molecular weight excluding hydrogens is 354 g/mol. The first-order valence-electron chi connectivity index (χ1n) is 7.89. The Hall–Kier alpha value is -3.00. The van der Waals surface area contributed by atoms with Gasteiger partial charge in [0.15, 0.2) is 0 Å². The zero-order valence-electron chi connectivity index (χ0n) is 14.2. The van der Waals surface area contributed by atoms with Gasteiger partial charge in [0.25, 0.3) is 0 Å². The lowest BCUT2D eigenvalue weighted by atomic mass is 10.0. The average Bonchev–Trinajstić information content (AvgIpc) is 2.91. The Balaban J connectivity index is 2.13. The first-order chi connectivity index (χ1) is 12.4. The van der Waals surface area contributed by atoms with Crippen molar-refractivity contribution in [3.05, 3.63) is 41.0 Å². The van der Waals surface area contributed by atoms with Gasteiger partial charge in [-0.25, -0.2) is 14.8 Å². The number of aryl methyl sites for hydroxylation is 2. The number of hydrogen-bond donors (Lipinski definition) is 3. The molecular formula is C18H17N3O4S. The first kappa shape index (κ1) is 17.8. The molecule has 2 aromatic heterocycles. The molecule has 0 radical (unpaired) electrons. The quantitative estimate of drug-likeness (QED) is 0.609. The highest BCUT2D eigenvalue weighted by molar-refractivity contribution is 7.19. The van der Waals surface area contributed by atoms with Gasteiger partial charge in [0.2, 0.25) is 0 Å². The third-order valence-electron chi connectivity index (χ3n) is 3.99. The van der Waals surface area contributed by atoms with Crippen molar-refractivity contribution in [2.75, 3.05) is 5.32 Å². The van der Waals surface area contributed by atoms with Gasteiger partial charge in [-0.1, -0.05) is 29.8 Å². The minimum absolute atomic E-state index is 0.323. The highest BCUT2D eigenvalue weighted by atomic mass is 32.1. The van der Waals surface area contributed by atoms with Crippen LogP contribution in [0.1, 0.15) is 16.9 Å². The Bertz CT molecular complexity index is 982. The number of nitrogens with zero attached hydrogens (tertiary/aromatic N) is 2. The van der Waals surface area contributed by atoms with Gasteiger partial charge in [0.1, 0.15) is 23.0 Å². The second-order valence-corrected chi connectivity index (χ2v) is 7.14. The van der Waals surface area contributed by atoms with Crippen LogP contribution < -0.4 is 5.32 Å². The Morgan fingerprint density at radius 3 is 2.46 bits per heavy atom. The molecule has 8 heteroatoms. The second-order valence-electron chi connectivity index (χ2n) is 5.93. The lowest BCUT2D eigenvalue weighted by Crippen LogP contribution is -2.32. The van der Waals surface area contributed by atoms with Gasteiger partial charge in [0, 0.05) is 10.4 Å². The molecule has 0 amide bonds. The van der Waals surface area contributed by atoms with Crippen LogP contribution in [0.15, 0.2) is 30.6 Å². The number of nitrogens with one attached hydrogen (secondary N) is 1. The molecule has 1 unspecified atom stereocenters. The van der Waals surface area contributed by atoms with E-state index in [1.54, 1.807) is 0 Å². The van der Waals surface area contributed by atoms with Gasteiger partial charge in [0.05, 0.1) is 11.8 Å². The third-order valence-corrected chi connectivity index (χ3v) is 5.01. The molecule has 26 heavy (non-hydrogen) atoms. The zero-order valence-corrected chi connectivity index (χ0v) is 15.0. The molecule has 0 saturated carbocycles. The van der Waals surface area contributed by atoms with Crippen LogP contribution in [0.5, 0.6) is 0 Å². The highest BCUT2D eigenvalue weighted by Gasteiger charge is 2.24. The van der Waals surface area contributed by atoms with E-state index in [-0.39, 0.29) is 0 Å². The van der Waals surface area contributed by atoms with Crippen molar-refractivity contribution in [3.63, 3.8) is 0 Å². The van der Waals surface area contributed by atoms with E-state index in [0.29, 0.717) is 11.2 Å². The van der Waals surface area contributed by atoms with Crippen molar-refractivity contribution in [1.82, 2.24) is 9.97 Å². The molecule has 2 heterocycles. The summed E-state index contributed by atoms with van der Waals surface area (Å²) in [6.45, 7) is 3.97. The van der Waals surface area contributed by atoms with Crippen LogP contribution in [-0.4, -0.2) is 38.2 Å². The number of aromatic nitrogens is 2. The minimum atomic E-state index is -1.28. The molecule has 0 spiro atoms. The lowest BCUT2D eigenvalue weighted by molar-refractivity contribution is -0.144. The number of rotatable bonds is 6. The average molecular weight is 371 g/mol. The fourth-order valence-electron chi connectivity index (χ4n) is 2.76. The number of benzene rings is 1. The minimum Gasteiger partial charge on any atom is -0.481 e. The normalized spacial score (nSPS) is 12.1. The number of carbonyl (C=O) groups is 2. The summed E-state index contributed by atoms with van der Waals surface area (Å²) in [6.07, 6.45) is 0.795. The van der Waals surface area contributed by atoms with Crippen LogP contribution in [0.25, 0.3) is 21.3 Å². The van der Waals surface area contributed by atoms with E-state index in [2.05, 4.69) is 15.3 Å². The summed E-state index contributed by atoms with van der Waals surface area (Å²) < 4.78 is 0. The topological polar surface area (TPSA) is 112 Å². The second kappa shape index (κ2) is 7.09. The summed E-state index contributed by atoms with van der Waals surface area (Å²) in [5.74, 6) is -2.12. The molecule has 1 atom stereocenters. The molecule has 0 saturated heterocycles. The van der Waals surface area contributed by atoms with E-state index in [1.165, 1.54) is 17.7 Å². The standard InChI is InChI=1S/C18H17N3O4S/c1-9-3-5-11(6-4-9)14-10(2)26-17-15(14)16(19-8-20-17)21-12(18(24)25)7-13(22)23/h3-6,8,12H,7H2,1-2H3,(H,22,23)(H,24,25)(H,19,20,21). The number of carboxylic acid groups (broad SMARTS) is 2. The van der Waals surface area contributed by atoms with E-state index in [1.807, 2.05) is 38.1 Å². The SMILES string of the molecule is Cc1ccc(-c2c(C)sc3ncnc(NC(CC(=O)O)C(=O)O)c23)cc1. The van der Waals surface area contributed by atoms with Gasteiger partial charge in [-0.2, -0.15) is 0 Å². The van der Waals surface area contributed by atoms with E-state index in [9.17, 15) is 14.7 Å². The van der Waals surface area contributed by atoms with Gasteiger partial charge in [-0.3, -0.25) is 4.79 Å². The molecule has 3 rings (SSSR count). The summed E-state index contributed by atoms with van der Waals surface area (Å²) in [4.78, 5) is 32.6. The molecule has 3 N–H and O–H groups in total. The molecule has 0 aliphatic heterocycles. The van der Waals surface area contributed by atoms with Crippen LogP contribution in [0, 0.1) is 13.8 Å². The third kappa shape index (κ3) is 3.50. The van der Waals surface area contributed by atoms with Crippen molar-refractivity contribution in [2.45, 2.75) is 26.3 Å². The summed E-state index contributed by atoms with van der Waals surface area (Å²) in [7, 11) is 0. The van der Waals surface area contributed by atoms with Crippen LogP contribution in [0.4, 0.5) is 5.82 Å².